The van der Waals surface area contributed by atoms with Gasteiger partial charge in [-0.1, -0.05) is 48.5 Å². The van der Waals surface area contributed by atoms with Crippen molar-refractivity contribution in [1.29, 1.82) is 0 Å². The van der Waals surface area contributed by atoms with Gasteiger partial charge in [0.1, 0.15) is 5.75 Å². The summed E-state index contributed by atoms with van der Waals surface area (Å²) in [5, 5.41) is 5.88. The quantitative estimate of drug-likeness (QED) is 0.655. The molecule has 0 saturated heterocycles. The Morgan fingerprint density at radius 3 is 2.34 bits per heavy atom. The van der Waals surface area contributed by atoms with Crippen molar-refractivity contribution >= 4 is 6.03 Å². The van der Waals surface area contributed by atoms with Gasteiger partial charge in [0.25, 0.3) is 0 Å². The highest BCUT2D eigenvalue weighted by Crippen LogP contribution is 2.30. The van der Waals surface area contributed by atoms with Gasteiger partial charge in [-0.25, -0.2) is 4.79 Å². The highest BCUT2D eigenvalue weighted by molar-refractivity contribution is 5.74. The van der Waals surface area contributed by atoms with Crippen LogP contribution < -0.4 is 15.4 Å². The number of urea groups is 1. The smallest absolute Gasteiger partial charge is 0.315 e. The van der Waals surface area contributed by atoms with E-state index in [9.17, 15) is 4.79 Å². The molecule has 2 N–H and O–H groups in total. The van der Waals surface area contributed by atoms with Gasteiger partial charge in [-0.3, -0.25) is 0 Å². The van der Waals surface area contributed by atoms with Crippen molar-refractivity contribution in [2.75, 3.05) is 6.61 Å². The van der Waals surface area contributed by atoms with E-state index in [1.165, 1.54) is 33.4 Å². The molecule has 3 aromatic rings. The molecule has 0 saturated carbocycles. The van der Waals surface area contributed by atoms with Gasteiger partial charge in [0.05, 0.1) is 6.61 Å². The number of fused-ring (bicyclic) bond motifs is 1. The molecule has 0 atom stereocenters. The van der Waals surface area contributed by atoms with Gasteiger partial charge >= 0.3 is 6.03 Å². The highest BCUT2D eigenvalue weighted by Gasteiger charge is 2.12. The maximum atomic E-state index is 12.2. The van der Waals surface area contributed by atoms with Crippen molar-refractivity contribution in [2.24, 2.45) is 0 Å². The third kappa shape index (κ3) is 4.43. The second kappa shape index (κ2) is 8.39. The SMILES string of the molecule is Cc1cccc(C)c1CNC(=O)NCc1ccc(-c2ccc3c(c2)CCO3)cc1. The van der Waals surface area contributed by atoms with Crippen molar-refractivity contribution < 1.29 is 9.53 Å². The molecule has 1 aliphatic rings. The number of hydrogen-bond acceptors (Lipinski definition) is 2. The van der Waals surface area contributed by atoms with Gasteiger partial charge in [0.15, 0.2) is 0 Å². The molecule has 0 bridgehead atoms. The van der Waals surface area contributed by atoms with E-state index >= 15 is 0 Å². The van der Waals surface area contributed by atoms with Gasteiger partial charge < -0.3 is 15.4 Å². The van der Waals surface area contributed by atoms with E-state index in [-0.39, 0.29) is 6.03 Å². The number of ether oxygens (including phenoxy) is 1. The Labute approximate surface area is 171 Å². The van der Waals surface area contributed by atoms with Crippen LogP contribution in [0.2, 0.25) is 0 Å². The van der Waals surface area contributed by atoms with Gasteiger partial charge in [-0.15, -0.1) is 0 Å². The van der Waals surface area contributed by atoms with E-state index < -0.39 is 0 Å². The topological polar surface area (TPSA) is 50.4 Å². The van der Waals surface area contributed by atoms with E-state index in [1.54, 1.807) is 0 Å². The Hall–Kier alpha value is -3.27. The standard InChI is InChI=1S/C25H26N2O2/c1-17-4-3-5-18(2)23(17)16-27-25(28)26-15-19-6-8-20(9-7-19)21-10-11-24-22(14-21)12-13-29-24/h3-11,14H,12-13,15-16H2,1-2H3,(H2,26,27,28). The van der Waals surface area contributed by atoms with Crippen LogP contribution in [0.15, 0.2) is 60.7 Å². The number of benzene rings is 3. The normalized spacial score (nSPS) is 12.2. The zero-order chi connectivity index (χ0) is 20.2. The lowest BCUT2D eigenvalue weighted by Gasteiger charge is -2.12. The predicted octanol–water partition coefficient (Wildman–Crippen LogP) is 4.90. The fraction of sp³-hybridized carbons (Fsp3) is 0.240. The first kappa shape index (κ1) is 19.1. The van der Waals surface area contributed by atoms with Gasteiger partial charge in [-0.2, -0.15) is 0 Å². The van der Waals surface area contributed by atoms with Crippen LogP contribution in [-0.4, -0.2) is 12.6 Å². The lowest BCUT2D eigenvalue weighted by atomic mass is 10.0. The summed E-state index contributed by atoms with van der Waals surface area (Å²) in [6, 6.07) is 20.7. The number of carbonyl (C=O) groups excluding carboxylic acids is 1. The molecular formula is C25H26N2O2. The van der Waals surface area contributed by atoms with E-state index in [0.717, 1.165) is 24.3 Å². The average molecular weight is 386 g/mol. The lowest BCUT2D eigenvalue weighted by molar-refractivity contribution is 0.240. The van der Waals surface area contributed by atoms with Crippen molar-refractivity contribution in [1.82, 2.24) is 10.6 Å². The molecule has 1 heterocycles. The molecule has 148 valence electrons. The molecule has 4 heteroatoms. The van der Waals surface area contributed by atoms with Crippen LogP contribution in [0.5, 0.6) is 5.75 Å². The molecule has 4 nitrogen and oxygen atoms in total. The molecule has 0 aliphatic carbocycles. The highest BCUT2D eigenvalue weighted by atomic mass is 16.5. The number of carbonyl (C=O) groups is 1. The van der Waals surface area contributed by atoms with E-state index in [4.69, 9.17) is 4.74 Å². The summed E-state index contributed by atoms with van der Waals surface area (Å²) in [7, 11) is 0. The molecular weight excluding hydrogens is 360 g/mol. The summed E-state index contributed by atoms with van der Waals surface area (Å²) in [5.74, 6) is 1.00. The molecule has 0 unspecified atom stereocenters. The van der Waals surface area contributed by atoms with Gasteiger partial charge in [0.2, 0.25) is 0 Å². The lowest BCUT2D eigenvalue weighted by Crippen LogP contribution is -2.34. The summed E-state index contributed by atoms with van der Waals surface area (Å²) in [5.41, 5.74) is 8.27. The largest absolute Gasteiger partial charge is 0.493 e. The summed E-state index contributed by atoms with van der Waals surface area (Å²) >= 11 is 0. The number of rotatable bonds is 5. The van der Waals surface area contributed by atoms with Crippen LogP contribution in [0, 0.1) is 13.8 Å². The Morgan fingerprint density at radius 2 is 1.59 bits per heavy atom. The zero-order valence-electron chi connectivity index (χ0n) is 16.9. The number of hydrogen-bond donors (Lipinski definition) is 2. The molecule has 29 heavy (non-hydrogen) atoms. The van der Waals surface area contributed by atoms with E-state index in [1.807, 2.05) is 12.1 Å². The van der Waals surface area contributed by atoms with Gasteiger partial charge in [-0.05, 0) is 64.9 Å². The van der Waals surface area contributed by atoms with Crippen LogP contribution in [0.1, 0.15) is 27.8 Å². The summed E-state index contributed by atoms with van der Waals surface area (Å²) < 4.78 is 5.58. The maximum Gasteiger partial charge on any atom is 0.315 e. The van der Waals surface area contributed by atoms with Crippen molar-refractivity contribution in [3.8, 4) is 16.9 Å². The Bertz CT molecular complexity index is 1010. The Balaban J connectivity index is 1.31. The van der Waals surface area contributed by atoms with Crippen LogP contribution in [-0.2, 0) is 19.5 Å². The van der Waals surface area contributed by atoms with Crippen molar-refractivity contribution in [3.63, 3.8) is 0 Å². The summed E-state index contributed by atoms with van der Waals surface area (Å²) in [6.45, 7) is 5.94. The molecule has 0 aromatic heterocycles. The molecule has 2 amide bonds. The minimum atomic E-state index is -0.157. The van der Waals surface area contributed by atoms with Crippen LogP contribution >= 0.6 is 0 Å². The number of nitrogens with one attached hydrogen (secondary N) is 2. The minimum Gasteiger partial charge on any atom is -0.493 e. The minimum absolute atomic E-state index is 0.157. The van der Waals surface area contributed by atoms with Crippen LogP contribution in [0.25, 0.3) is 11.1 Å². The molecule has 0 radical (unpaired) electrons. The van der Waals surface area contributed by atoms with Crippen LogP contribution in [0.3, 0.4) is 0 Å². The molecule has 0 fully saturated rings. The van der Waals surface area contributed by atoms with E-state index in [2.05, 4.69) is 73.0 Å². The van der Waals surface area contributed by atoms with Crippen molar-refractivity contribution in [2.45, 2.75) is 33.4 Å². The molecule has 1 aliphatic heterocycles. The first-order chi connectivity index (χ1) is 14.1. The van der Waals surface area contributed by atoms with Gasteiger partial charge in [0, 0.05) is 19.5 Å². The molecule has 0 spiro atoms. The second-order valence-electron chi connectivity index (χ2n) is 7.52. The summed E-state index contributed by atoms with van der Waals surface area (Å²) in [4.78, 5) is 12.2. The Morgan fingerprint density at radius 1 is 0.897 bits per heavy atom. The zero-order valence-corrected chi connectivity index (χ0v) is 16.9. The third-order valence-corrected chi connectivity index (χ3v) is 5.50. The van der Waals surface area contributed by atoms with Crippen molar-refractivity contribution in [3.05, 3.63) is 88.5 Å². The first-order valence-electron chi connectivity index (χ1n) is 10.0. The van der Waals surface area contributed by atoms with E-state index in [0.29, 0.717) is 13.1 Å². The summed E-state index contributed by atoms with van der Waals surface area (Å²) in [6.07, 6.45) is 0.975. The first-order valence-corrected chi connectivity index (χ1v) is 10.0. The van der Waals surface area contributed by atoms with Crippen LogP contribution in [0.4, 0.5) is 4.79 Å². The molecule has 3 aromatic carbocycles. The monoisotopic (exact) mass is 386 g/mol. The molecule has 4 rings (SSSR count). The Kier molecular flexibility index (Phi) is 5.52. The number of aryl methyl sites for hydroxylation is 2. The third-order valence-electron chi connectivity index (χ3n) is 5.50. The fourth-order valence-corrected chi connectivity index (χ4v) is 3.72. The average Bonchev–Trinajstić information content (AvgIpc) is 3.20. The predicted molar refractivity (Wildman–Crippen MR) is 116 cm³/mol. The maximum absolute atomic E-state index is 12.2. The number of amides is 2. The fourth-order valence-electron chi connectivity index (χ4n) is 3.72. The second-order valence-corrected chi connectivity index (χ2v) is 7.52.